The van der Waals surface area contributed by atoms with Gasteiger partial charge in [0.1, 0.15) is 35.3 Å². The molecule has 0 aliphatic heterocycles. The van der Waals surface area contributed by atoms with E-state index >= 15 is 0 Å². The van der Waals surface area contributed by atoms with Gasteiger partial charge >= 0.3 is 0 Å². The van der Waals surface area contributed by atoms with E-state index in [1.54, 1.807) is 28.9 Å². The van der Waals surface area contributed by atoms with Crippen LogP contribution in [0.4, 0.5) is 8.78 Å². The average Bonchev–Trinajstić information content (AvgIpc) is 3.40. The van der Waals surface area contributed by atoms with Gasteiger partial charge in [-0.25, -0.2) is 13.8 Å². The topological polar surface area (TPSA) is 101 Å². The van der Waals surface area contributed by atoms with Crippen LogP contribution in [0, 0.1) is 17.0 Å². The van der Waals surface area contributed by atoms with E-state index in [1.165, 1.54) is 38.6 Å². The Balaban J connectivity index is 1.80. The lowest BCUT2D eigenvalue weighted by Crippen LogP contribution is -2.13. The van der Waals surface area contributed by atoms with E-state index in [4.69, 9.17) is 14.9 Å². The van der Waals surface area contributed by atoms with Crippen molar-refractivity contribution in [2.75, 3.05) is 20.8 Å². The first kappa shape index (κ1) is 20.4. The zero-order valence-electron chi connectivity index (χ0n) is 16.7. The van der Waals surface area contributed by atoms with Crippen molar-refractivity contribution in [1.29, 1.82) is 5.41 Å². The van der Waals surface area contributed by atoms with Gasteiger partial charge < -0.3 is 9.47 Å². The smallest absolute Gasteiger partial charge is 0.216 e. The summed E-state index contributed by atoms with van der Waals surface area (Å²) < 4.78 is 40.4. The fourth-order valence-electron chi connectivity index (χ4n) is 3.18. The van der Waals surface area contributed by atoms with Gasteiger partial charge in [-0.15, -0.1) is 0 Å². The second-order valence-corrected chi connectivity index (χ2v) is 6.52. The molecule has 0 amide bonds. The van der Waals surface area contributed by atoms with Crippen molar-refractivity contribution in [3.8, 4) is 22.4 Å². The summed E-state index contributed by atoms with van der Waals surface area (Å²) in [7, 11) is 2.94. The number of halogens is 2. The van der Waals surface area contributed by atoms with Crippen molar-refractivity contribution < 1.29 is 18.3 Å². The molecule has 4 rings (SSSR count). The van der Waals surface area contributed by atoms with Gasteiger partial charge in [0.15, 0.2) is 5.84 Å². The summed E-state index contributed by atoms with van der Waals surface area (Å²) in [5.74, 6) is -1.25. The minimum atomic E-state index is -0.709. The molecule has 0 spiro atoms. The van der Waals surface area contributed by atoms with Crippen LogP contribution >= 0.6 is 0 Å². The summed E-state index contributed by atoms with van der Waals surface area (Å²) in [5, 5.41) is 15.0. The van der Waals surface area contributed by atoms with Crippen LogP contribution in [0.1, 0.15) is 5.69 Å². The Hall–Kier alpha value is -3.92. The SMILES string of the molecule is COC/C(=N/C(=N)c1cnc2ccc(-c3c[nH]nc3-c3c(F)cccc3F)cn12)OC. The molecule has 0 aliphatic carbocycles. The summed E-state index contributed by atoms with van der Waals surface area (Å²) in [6.07, 6.45) is 4.78. The number of fused-ring (bicyclic) bond motifs is 1. The average molecular weight is 424 g/mol. The van der Waals surface area contributed by atoms with E-state index in [9.17, 15) is 8.78 Å². The number of methoxy groups -OCH3 is 2. The third-order valence-corrected chi connectivity index (χ3v) is 4.64. The summed E-state index contributed by atoms with van der Waals surface area (Å²) in [6, 6.07) is 7.16. The van der Waals surface area contributed by atoms with Crippen molar-refractivity contribution in [1.82, 2.24) is 19.6 Å². The maximum atomic E-state index is 14.3. The zero-order valence-corrected chi connectivity index (χ0v) is 16.7. The molecule has 8 nitrogen and oxygen atoms in total. The fraction of sp³-hybridized carbons (Fsp3) is 0.143. The zero-order chi connectivity index (χ0) is 22.0. The number of rotatable bonds is 5. The maximum absolute atomic E-state index is 14.3. The quantitative estimate of drug-likeness (QED) is 0.377. The number of benzene rings is 1. The number of hydrogen-bond acceptors (Lipinski definition) is 5. The number of nitrogens with zero attached hydrogens (tertiary/aromatic N) is 4. The second-order valence-electron chi connectivity index (χ2n) is 6.52. The first-order valence-corrected chi connectivity index (χ1v) is 9.18. The largest absolute Gasteiger partial charge is 0.482 e. The molecule has 0 bridgehead atoms. The van der Waals surface area contributed by atoms with Crippen LogP contribution in [-0.2, 0) is 9.47 Å². The molecule has 10 heteroatoms. The number of aromatic amines is 1. The van der Waals surface area contributed by atoms with Crippen molar-refractivity contribution in [2.45, 2.75) is 0 Å². The Bertz CT molecular complexity index is 1270. The van der Waals surface area contributed by atoms with Gasteiger partial charge in [-0.2, -0.15) is 10.1 Å². The highest BCUT2D eigenvalue weighted by atomic mass is 19.1. The molecule has 3 heterocycles. The number of hydrogen-bond donors (Lipinski definition) is 2. The van der Waals surface area contributed by atoms with Crippen LogP contribution in [0.25, 0.3) is 28.0 Å². The summed E-state index contributed by atoms with van der Waals surface area (Å²) in [5.41, 5.74) is 2.03. The van der Waals surface area contributed by atoms with Gasteiger partial charge in [0.25, 0.3) is 0 Å². The van der Waals surface area contributed by atoms with E-state index < -0.39 is 11.6 Å². The third-order valence-electron chi connectivity index (χ3n) is 4.64. The van der Waals surface area contributed by atoms with E-state index in [0.29, 0.717) is 22.5 Å². The van der Waals surface area contributed by atoms with Crippen molar-refractivity contribution >= 4 is 17.4 Å². The standard InChI is InChI=1S/C21H18F2N6O2/c1-30-11-18(31-2)27-21(24)16-9-25-17-7-6-12(10-29(16)17)13-8-26-28-20(13)19-14(22)4-3-5-15(19)23/h3-10,24H,11H2,1-2H3,(H,26,28)/b24-21?,27-18-. The molecule has 0 unspecified atom stereocenters. The summed E-state index contributed by atoms with van der Waals surface area (Å²) in [6.45, 7) is 0.119. The van der Waals surface area contributed by atoms with Crippen LogP contribution in [-0.4, -0.2) is 52.1 Å². The van der Waals surface area contributed by atoms with E-state index in [-0.39, 0.29) is 29.6 Å². The number of aliphatic imine (C=N–C) groups is 1. The lowest BCUT2D eigenvalue weighted by molar-refractivity contribution is 0.219. The van der Waals surface area contributed by atoms with E-state index in [0.717, 1.165) is 0 Å². The lowest BCUT2D eigenvalue weighted by Gasteiger charge is -2.08. The Morgan fingerprint density at radius 2 is 1.97 bits per heavy atom. The van der Waals surface area contributed by atoms with E-state index in [1.807, 2.05) is 0 Å². The molecule has 2 N–H and O–H groups in total. The normalized spacial score (nSPS) is 11.8. The molecule has 0 radical (unpaired) electrons. The van der Waals surface area contributed by atoms with Crippen molar-refractivity contribution in [3.05, 3.63) is 66.3 Å². The minimum Gasteiger partial charge on any atom is -0.482 e. The Morgan fingerprint density at radius 1 is 1.19 bits per heavy atom. The molecule has 4 aromatic rings. The predicted octanol–water partition coefficient (Wildman–Crippen LogP) is 3.69. The highest BCUT2D eigenvalue weighted by Gasteiger charge is 2.19. The first-order chi connectivity index (χ1) is 15.0. The molecule has 0 saturated heterocycles. The fourth-order valence-corrected chi connectivity index (χ4v) is 3.18. The summed E-state index contributed by atoms with van der Waals surface area (Å²) in [4.78, 5) is 8.42. The molecule has 0 saturated carbocycles. The monoisotopic (exact) mass is 424 g/mol. The van der Waals surface area contributed by atoms with Crippen LogP contribution in [0.3, 0.4) is 0 Å². The third kappa shape index (κ3) is 3.80. The van der Waals surface area contributed by atoms with Gasteiger partial charge in [-0.1, -0.05) is 6.07 Å². The number of pyridine rings is 1. The maximum Gasteiger partial charge on any atom is 0.216 e. The Labute approximate surface area is 175 Å². The predicted molar refractivity (Wildman–Crippen MR) is 111 cm³/mol. The Morgan fingerprint density at radius 3 is 2.68 bits per heavy atom. The van der Waals surface area contributed by atoms with Gasteiger partial charge in [0.2, 0.25) is 5.90 Å². The Kier molecular flexibility index (Phi) is 5.54. The molecule has 0 fully saturated rings. The molecular formula is C21H18F2N6O2. The highest BCUT2D eigenvalue weighted by molar-refractivity contribution is 6.03. The number of aromatic nitrogens is 4. The number of amidine groups is 1. The number of ether oxygens (including phenoxy) is 2. The molecule has 3 aromatic heterocycles. The number of imidazole rings is 1. The van der Waals surface area contributed by atoms with Gasteiger partial charge in [-0.05, 0) is 24.3 Å². The van der Waals surface area contributed by atoms with E-state index in [2.05, 4.69) is 20.2 Å². The van der Waals surface area contributed by atoms with Gasteiger partial charge in [-0.3, -0.25) is 14.9 Å². The lowest BCUT2D eigenvalue weighted by atomic mass is 10.0. The van der Waals surface area contributed by atoms with Gasteiger partial charge in [0.05, 0.1) is 18.9 Å². The van der Waals surface area contributed by atoms with Gasteiger partial charge in [0, 0.05) is 30.6 Å². The highest BCUT2D eigenvalue weighted by Crippen LogP contribution is 2.33. The molecule has 1 aromatic carbocycles. The first-order valence-electron chi connectivity index (χ1n) is 9.18. The second kappa shape index (κ2) is 8.44. The van der Waals surface area contributed by atoms with Crippen molar-refractivity contribution in [2.24, 2.45) is 4.99 Å². The molecule has 0 aliphatic rings. The van der Waals surface area contributed by atoms with Crippen LogP contribution < -0.4 is 0 Å². The van der Waals surface area contributed by atoms with Crippen molar-refractivity contribution in [3.63, 3.8) is 0 Å². The molecule has 31 heavy (non-hydrogen) atoms. The summed E-state index contributed by atoms with van der Waals surface area (Å²) >= 11 is 0. The number of nitrogens with one attached hydrogen (secondary N) is 2. The minimum absolute atomic E-state index is 0.0777. The van der Waals surface area contributed by atoms with Crippen LogP contribution in [0.2, 0.25) is 0 Å². The number of H-pyrrole nitrogens is 1. The van der Waals surface area contributed by atoms with Crippen LogP contribution in [0.15, 0.2) is 53.9 Å². The molecule has 158 valence electrons. The molecular weight excluding hydrogens is 406 g/mol. The van der Waals surface area contributed by atoms with Crippen LogP contribution in [0.5, 0.6) is 0 Å². The molecule has 0 atom stereocenters.